The third-order valence-corrected chi connectivity index (χ3v) is 3.47. The van der Waals surface area contributed by atoms with Crippen LogP contribution in [0.15, 0.2) is 16.9 Å². The first kappa shape index (κ1) is 12.8. The Kier molecular flexibility index (Phi) is 3.76. The van der Waals surface area contributed by atoms with Crippen LogP contribution in [0.3, 0.4) is 0 Å². The molecule has 0 aromatic carbocycles. The van der Waals surface area contributed by atoms with Crippen LogP contribution in [-0.2, 0) is 0 Å². The number of aromatic amines is 1. The number of hydrogen-bond donors (Lipinski definition) is 2. The van der Waals surface area contributed by atoms with E-state index in [1.807, 2.05) is 6.92 Å². The molecule has 6 heteroatoms. The fourth-order valence-electron chi connectivity index (χ4n) is 2.27. The van der Waals surface area contributed by atoms with Gasteiger partial charge in [0.1, 0.15) is 5.69 Å². The van der Waals surface area contributed by atoms with Gasteiger partial charge in [0.15, 0.2) is 0 Å². The highest BCUT2D eigenvalue weighted by Crippen LogP contribution is 2.22. The number of piperidine rings is 1. The molecule has 2 atom stereocenters. The van der Waals surface area contributed by atoms with Gasteiger partial charge in [0.05, 0.1) is 0 Å². The predicted octanol–water partition coefficient (Wildman–Crippen LogP) is -0.0307. The summed E-state index contributed by atoms with van der Waals surface area (Å²) in [6, 6.07) is 2.96. The summed E-state index contributed by atoms with van der Waals surface area (Å²) >= 11 is 0. The Labute approximate surface area is 105 Å². The number of carbonyl (C=O) groups is 1. The third kappa shape index (κ3) is 2.59. The highest BCUT2D eigenvalue weighted by atomic mass is 16.2. The van der Waals surface area contributed by atoms with E-state index in [1.165, 1.54) is 12.1 Å². The number of rotatable bonds is 2. The Morgan fingerprint density at radius 1 is 1.56 bits per heavy atom. The molecule has 1 saturated heterocycles. The predicted molar refractivity (Wildman–Crippen MR) is 67.1 cm³/mol. The molecule has 1 amide bonds. The fourth-order valence-corrected chi connectivity index (χ4v) is 2.27. The summed E-state index contributed by atoms with van der Waals surface area (Å²) in [7, 11) is 0. The van der Waals surface area contributed by atoms with E-state index in [0.29, 0.717) is 19.0 Å². The van der Waals surface area contributed by atoms with E-state index < -0.39 is 0 Å². The van der Waals surface area contributed by atoms with Crippen LogP contribution in [0.1, 0.15) is 30.3 Å². The first-order valence-corrected chi connectivity index (χ1v) is 6.18. The minimum Gasteiger partial charge on any atom is -0.334 e. The number of amides is 1. The summed E-state index contributed by atoms with van der Waals surface area (Å²) in [4.78, 5) is 25.0. The second-order valence-electron chi connectivity index (χ2n) is 4.79. The van der Waals surface area contributed by atoms with Crippen molar-refractivity contribution in [3.05, 3.63) is 28.2 Å². The lowest BCUT2D eigenvalue weighted by atomic mass is 9.93. The lowest BCUT2D eigenvalue weighted by molar-refractivity contribution is 0.0559. The highest BCUT2D eigenvalue weighted by Gasteiger charge is 2.29. The van der Waals surface area contributed by atoms with Crippen LogP contribution in [0, 0.1) is 5.92 Å². The van der Waals surface area contributed by atoms with E-state index in [4.69, 9.17) is 5.73 Å². The quantitative estimate of drug-likeness (QED) is 0.771. The van der Waals surface area contributed by atoms with Crippen LogP contribution >= 0.6 is 0 Å². The van der Waals surface area contributed by atoms with Crippen molar-refractivity contribution in [2.24, 2.45) is 11.7 Å². The van der Waals surface area contributed by atoms with Crippen molar-refractivity contribution in [1.82, 2.24) is 15.1 Å². The second kappa shape index (κ2) is 5.30. The van der Waals surface area contributed by atoms with E-state index in [9.17, 15) is 9.59 Å². The molecule has 0 radical (unpaired) electrons. The Hall–Kier alpha value is -1.69. The normalized spacial score (nSPS) is 24.0. The number of hydrogen-bond acceptors (Lipinski definition) is 4. The lowest BCUT2D eigenvalue weighted by Crippen LogP contribution is -2.47. The lowest BCUT2D eigenvalue weighted by Gasteiger charge is -2.37. The van der Waals surface area contributed by atoms with Crippen LogP contribution in [0.25, 0.3) is 0 Å². The van der Waals surface area contributed by atoms with Gasteiger partial charge < -0.3 is 10.6 Å². The number of likely N-dealkylation sites (tertiary alicyclic amines) is 1. The standard InChI is InChI=1S/C12H18N4O2/c1-8-2-3-9(6-13)7-16(8)12(18)10-4-5-11(17)15-14-10/h4-5,8-9H,2-3,6-7,13H2,1H3,(H,15,17). The number of H-pyrrole nitrogens is 1. The summed E-state index contributed by atoms with van der Waals surface area (Å²) in [6.45, 7) is 3.28. The molecular formula is C12H18N4O2. The minimum absolute atomic E-state index is 0.142. The van der Waals surface area contributed by atoms with Gasteiger partial charge in [-0.05, 0) is 38.3 Å². The monoisotopic (exact) mass is 250 g/mol. The number of aromatic nitrogens is 2. The molecule has 18 heavy (non-hydrogen) atoms. The molecule has 2 heterocycles. The minimum atomic E-state index is -0.307. The fraction of sp³-hybridized carbons (Fsp3) is 0.583. The first-order chi connectivity index (χ1) is 8.61. The summed E-state index contributed by atoms with van der Waals surface area (Å²) in [5.74, 6) is 0.213. The molecule has 1 fully saturated rings. The number of nitrogens with one attached hydrogen (secondary N) is 1. The van der Waals surface area contributed by atoms with Gasteiger partial charge in [-0.15, -0.1) is 0 Å². The van der Waals surface area contributed by atoms with Crippen LogP contribution in [-0.4, -0.2) is 40.1 Å². The molecule has 0 bridgehead atoms. The van der Waals surface area contributed by atoms with Crippen molar-refractivity contribution in [3.8, 4) is 0 Å². The molecule has 1 aromatic rings. The molecule has 0 saturated carbocycles. The summed E-state index contributed by atoms with van der Waals surface area (Å²) in [5, 5.41) is 6.06. The molecule has 1 aromatic heterocycles. The average Bonchev–Trinajstić information content (AvgIpc) is 2.39. The zero-order chi connectivity index (χ0) is 13.1. The van der Waals surface area contributed by atoms with Crippen LogP contribution < -0.4 is 11.3 Å². The summed E-state index contributed by atoms with van der Waals surface area (Å²) < 4.78 is 0. The van der Waals surface area contributed by atoms with E-state index in [2.05, 4.69) is 10.2 Å². The van der Waals surface area contributed by atoms with Crippen LogP contribution in [0.4, 0.5) is 0 Å². The van der Waals surface area contributed by atoms with E-state index in [1.54, 1.807) is 4.90 Å². The molecule has 6 nitrogen and oxygen atoms in total. The van der Waals surface area contributed by atoms with Crippen molar-refractivity contribution in [3.63, 3.8) is 0 Å². The highest BCUT2D eigenvalue weighted by molar-refractivity contribution is 5.92. The van der Waals surface area contributed by atoms with Crippen molar-refractivity contribution in [2.75, 3.05) is 13.1 Å². The Morgan fingerprint density at radius 3 is 2.94 bits per heavy atom. The van der Waals surface area contributed by atoms with Crippen molar-refractivity contribution < 1.29 is 4.79 Å². The van der Waals surface area contributed by atoms with Gasteiger partial charge in [-0.25, -0.2) is 5.10 Å². The van der Waals surface area contributed by atoms with Crippen molar-refractivity contribution >= 4 is 5.91 Å². The second-order valence-corrected chi connectivity index (χ2v) is 4.79. The zero-order valence-electron chi connectivity index (χ0n) is 10.4. The molecule has 0 spiro atoms. The van der Waals surface area contributed by atoms with E-state index in [0.717, 1.165) is 12.8 Å². The van der Waals surface area contributed by atoms with Gasteiger partial charge in [-0.1, -0.05) is 0 Å². The van der Waals surface area contributed by atoms with Gasteiger partial charge in [-0.3, -0.25) is 9.59 Å². The Balaban J connectivity index is 2.16. The maximum Gasteiger partial charge on any atom is 0.274 e. The zero-order valence-corrected chi connectivity index (χ0v) is 10.4. The summed E-state index contributed by atoms with van der Waals surface area (Å²) in [5.41, 5.74) is 5.64. The molecule has 0 aliphatic carbocycles. The van der Waals surface area contributed by atoms with Gasteiger partial charge in [-0.2, -0.15) is 5.10 Å². The topological polar surface area (TPSA) is 92.1 Å². The van der Waals surface area contributed by atoms with Crippen molar-refractivity contribution in [1.29, 1.82) is 0 Å². The third-order valence-electron chi connectivity index (χ3n) is 3.47. The number of carbonyl (C=O) groups excluding carboxylic acids is 1. The number of nitrogens with zero attached hydrogens (tertiary/aromatic N) is 2. The first-order valence-electron chi connectivity index (χ1n) is 6.18. The molecule has 2 rings (SSSR count). The molecular weight excluding hydrogens is 232 g/mol. The van der Waals surface area contributed by atoms with Crippen LogP contribution in [0.5, 0.6) is 0 Å². The van der Waals surface area contributed by atoms with E-state index >= 15 is 0 Å². The average molecular weight is 250 g/mol. The maximum atomic E-state index is 12.3. The van der Waals surface area contributed by atoms with E-state index in [-0.39, 0.29) is 23.2 Å². The molecule has 1 aliphatic rings. The Morgan fingerprint density at radius 2 is 2.33 bits per heavy atom. The summed E-state index contributed by atoms with van der Waals surface area (Å²) in [6.07, 6.45) is 2.01. The van der Waals surface area contributed by atoms with Gasteiger partial charge in [0, 0.05) is 18.7 Å². The molecule has 2 unspecified atom stereocenters. The van der Waals surface area contributed by atoms with Gasteiger partial charge in [0.25, 0.3) is 11.5 Å². The SMILES string of the molecule is CC1CCC(CN)CN1C(=O)c1ccc(=O)[nH]n1. The number of nitrogens with two attached hydrogens (primary N) is 1. The molecule has 98 valence electrons. The van der Waals surface area contributed by atoms with Crippen molar-refractivity contribution in [2.45, 2.75) is 25.8 Å². The molecule has 1 aliphatic heterocycles. The van der Waals surface area contributed by atoms with Crippen LogP contribution in [0.2, 0.25) is 0 Å². The largest absolute Gasteiger partial charge is 0.334 e. The maximum absolute atomic E-state index is 12.3. The Bertz CT molecular complexity index is 465. The molecule has 3 N–H and O–H groups in total. The smallest absolute Gasteiger partial charge is 0.274 e. The van der Waals surface area contributed by atoms with Gasteiger partial charge in [0.2, 0.25) is 0 Å². The van der Waals surface area contributed by atoms with Gasteiger partial charge >= 0.3 is 0 Å².